The minimum atomic E-state index is -1.17. The molecule has 0 bridgehead atoms. The molecule has 2 fully saturated rings. The van der Waals surface area contributed by atoms with E-state index in [4.69, 9.17) is 25.8 Å². The van der Waals surface area contributed by atoms with Gasteiger partial charge in [-0.1, -0.05) is 23.7 Å². The van der Waals surface area contributed by atoms with Gasteiger partial charge in [-0.3, -0.25) is 9.59 Å². The molecule has 1 aromatic rings. The van der Waals surface area contributed by atoms with Gasteiger partial charge in [-0.25, -0.2) is 0 Å². The van der Waals surface area contributed by atoms with Crippen molar-refractivity contribution in [2.24, 2.45) is 10.8 Å². The van der Waals surface area contributed by atoms with Crippen LogP contribution in [0.15, 0.2) is 24.3 Å². The maximum absolute atomic E-state index is 13.2. The number of hydrogen-bond donors (Lipinski definition) is 0. The number of methoxy groups -OCH3 is 1. The number of carbonyl (C=O) groups is 2. The average molecular weight is 339 g/mol. The normalized spacial score (nSPS) is 26.4. The average Bonchev–Trinajstić information content (AvgIpc) is 2.84. The molecule has 1 spiro atoms. The summed E-state index contributed by atoms with van der Waals surface area (Å²) < 4.78 is 15.6. The van der Waals surface area contributed by atoms with Crippen LogP contribution in [0.2, 0.25) is 5.02 Å². The van der Waals surface area contributed by atoms with Gasteiger partial charge in [0.15, 0.2) is 5.78 Å². The Kier molecular flexibility index (Phi) is 4.45. The van der Waals surface area contributed by atoms with Gasteiger partial charge in [0.2, 0.25) is 0 Å². The van der Waals surface area contributed by atoms with Crippen LogP contribution in [0.5, 0.6) is 0 Å². The summed E-state index contributed by atoms with van der Waals surface area (Å²) in [7, 11) is 1.32. The van der Waals surface area contributed by atoms with Gasteiger partial charge >= 0.3 is 5.97 Å². The summed E-state index contributed by atoms with van der Waals surface area (Å²) in [6.45, 7) is 0.786. The first-order chi connectivity index (χ1) is 11.0. The zero-order valence-corrected chi connectivity index (χ0v) is 13.7. The maximum Gasteiger partial charge on any atom is 0.319 e. The van der Waals surface area contributed by atoms with Crippen molar-refractivity contribution in [3.8, 4) is 0 Å². The third-order valence-corrected chi connectivity index (χ3v) is 5.12. The second kappa shape index (κ2) is 6.23. The molecule has 6 heteroatoms. The summed E-state index contributed by atoms with van der Waals surface area (Å²) in [5, 5.41) is 0.615. The minimum Gasteiger partial charge on any atom is -0.468 e. The third-order valence-electron chi connectivity index (χ3n) is 4.87. The highest BCUT2D eigenvalue weighted by Crippen LogP contribution is 2.50. The first-order valence-corrected chi connectivity index (χ1v) is 7.93. The molecule has 124 valence electrons. The fourth-order valence-corrected chi connectivity index (χ4v) is 3.75. The molecule has 1 heterocycles. The third kappa shape index (κ3) is 2.77. The molecule has 0 aromatic heterocycles. The SMILES string of the molecule is COC(=O)C1(Cc2ccc(Cl)cc2)CCC2(COCOC2)C1=O. The van der Waals surface area contributed by atoms with Gasteiger partial charge < -0.3 is 14.2 Å². The van der Waals surface area contributed by atoms with Crippen LogP contribution < -0.4 is 0 Å². The quantitative estimate of drug-likeness (QED) is 0.625. The number of ether oxygens (including phenoxy) is 3. The fraction of sp³-hybridized carbons (Fsp3) is 0.529. The first kappa shape index (κ1) is 16.4. The monoisotopic (exact) mass is 338 g/mol. The van der Waals surface area contributed by atoms with Crippen molar-refractivity contribution in [2.45, 2.75) is 19.3 Å². The Labute approximate surface area is 139 Å². The van der Waals surface area contributed by atoms with Gasteiger partial charge in [-0.05, 0) is 37.0 Å². The lowest BCUT2D eigenvalue weighted by Crippen LogP contribution is -2.48. The van der Waals surface area contributed by atoms with E-state index in [0.29, 0.717) is 37.5 Å². The Bertz CT molecular complexity index is 606. The van der Waals surface area contributed by atoms with E-state index >= 15 is 0 Å². The number of benzene rings is 1. The molecule has 0 amide bonds. The molecule has 1 aliphatic heterocycles. The summed E-state index contributed by atoms with van der Waals surface area (Å²) in [4.78, 5) is 25.7. The van der Waals surface area contributed by atoms with Crippen LogP contribution in [0, 0.1) is 10.8 Å². The number of carbonyl (C=O) groups excluding carboxylic acids is 2. The summed E-state index contributed by atoms with van der Waals surface area (Å²) >= 11 is 5.91. The van der Waals surface area contributed by atoms with Crippen molar-refractivity contribution in [3.63, 3.8) is 0 Å². The van der Waals surface area contributed by atoms with Gasteiger partial charge in [0.25, 0.3) is 0 Å². The topological polar surface area (TPSA) is 61.8 Å². The van der Waals surface area contributed by atoms with E-state index in [2.05, 4.69) is 0 Å². The lowest BCUT2D eigenvalue weighted by molar-refractivity contribution is -0.178. The summed E-state index contributed by atoms with van der Waals surface area (Å²) in [6.07, 6.45) is 1.31. The standard InChI is InChI=1S/C17H19ClO5/c1-21-15(20)17(8-12-2-4-13(18)5-3-12)7-6-16(14(17)19)9-22-11-23-10-16/h2-5H,6-11H2,1H3. The molecule has 0 radical (unpaired) electrons. The lowest BCUT2D eigenvalue weighted by Gasteiger charge is -2.33. The van der Waals surface area contributed by atoms with Crippen LogP contribution in [0.1, 0.15) is 18.4 Å². The zero-order valence-electron chi connectivity index (χ0n) is 13.0. The van der Waals surface area contributed by atoms with Gasteiger partial charge in [0.05, 0.1) is 25.7 Å². The minimum absolute atomic E-state index is 0.133. The number of esters is 1. The highest BCUT2D eigenvalue weighted by molar-refractivity contribution is 6.30. The van der Waals surface area contributed by atoms with Gasteiger partial charge in [0.1, 0.15) is 12.2 Å². The molecule has 1 atom stereocenters. The fourth-order valence-electron chi connectivity index (χ4n) is 3.62. The largest absolute Gasteiger partial charge is 0.468 e. The first-order valence-electron chi connectivity index (χ1n) is 7.56. The van der Waals surface area contributed by atoms with E-state index in [1.807, 2.05) is 12.1 Å². The molecule has 23 heavy (non-hydrogen) atoms. The van der Waals surface area contributed by atoms with Gasteiger partial charge in [-0.2, -0.15) is 0 Å². The zero-order chi connectivity index (χ0) is 16.5. The molecule has 1 aromatic carbocycles. The molecule has 2 aliphatic rings. The van der Waals surface area contributed by atoms with E-state index < -0.39 is 16.8 Å². The van der Waals surface area contributed by atoms with Crippen LogP contribution in [0.3, 0.4) is 0 Å². The highest BCUT2D eigenvalue weighted by Gasteiger charge is 2.61. The number of Topliss-reactive ketones (excluding diaryl/α,β-unsaturated/α-hetero) is 1. The Morgan fingerprint density at radius 2 is 1.87 bits per heavy atom. The number of ketones is 1. The molecule has 1 saturated heterocycles. The van der Waals surface area contributed by atoms with Crippen molar-refractivity contribution in [1.29, 1.82) is 0 Å². The van der Waals surface area contributed by atoms with Crippen molar-refractivity contribution in [1.82, 2.24) is 0 Å². The van der Waals surface area contributed by atoms with E-state index in [-0.39, 0.29) is 12.6 Å². The maximum atomic E-state index is 13.2. The predicted octanol–water partition coefficient (Wildman–Crippen LogP) is 2.40. The molecule has 3 rings (SSSR count). The van der Waals surface area contributed by atoms with E-state index in [1.54, 1.807) is 12.1 Å². The Hall–Kier alpha value is -1.43. The van der Waals surface area contributed by atoms with E-state index in [9.17, 15) is 9.59 Å². The molecule has 1 saturated carbocycles. The Balaban J connectivity index is 1.93. The van der Waals surface area contributed by atoms with Crippen LogP contribution in [-0.2, 0) is 30.2 Å². The molecule has 0 N–H and O–H groups in total. The van der Waals surface area contributed by atoms with Crippen molar-refractivity contribution in [2.75, 3.05) is 27.1 Å². The van der Waals surface area contributed by atoms with Crippen LogP contribution in [0.25, 0.3) is 0 Å². The predicted molar refractivity (Wildman–Crippen MR) is 83.1 cm³/mol. The van der Waals surface area contributed by atoms with Crippen LogP contribution in [-0.4, -0.2) is 38.9 Å². The summed E-state index contributed by atoms with van der Waals surface area (Å²) in [6, 6.07) is 7.17. The molecular weight excluding hydrogens is 320 g/mol. The van der Waals surface area contributed by atoms with Crippen molar-refractivity contribution < 1.29 is 23.8 Å². The van der Waals surface area contributed by atoms with Crippen LogP contribution in [0.4, 0.5) is 0 Å². The molecule has 5 nitrogen and oxygen atoms in total. The summed E-state index contributed by atoms with van der Waals surface area (Å²) in [5.74, 6) is -0.619. The second-order valence-electron chi connectivity index (χ2n) is 6.30. The van der Waals surface area contributed by atoms with Gasteiger partial charge in [-0.15, -0.1) is 0 Å². The summed E-state index contributed by atoms with van der Waals surface area (Å²) in [5.41, 5.74) is -1.03. The van der Waals surface area contributed by atoms with Crippen molar-refractivity contribution in [3.05, 3.63) is 34.9 Å². The number of hydrogen-bond acceptors (Lipinski definition) is 5. The van der Waals surface area contributed by atoms with Crippen LogP contribution >= 0.6 is 11.6 Å². The Morgan fingerprint density at radius 3 is 2.48 bits per heavy atom. The number of halogens is 1. The second-order valence-corrected chi connectivity index (χ2v) is 6.74. The molecule has 1 unspecified atom stereocenters. The highest BCUT2D eigenvalue weighted by atomic mass is 35.5. The number of rotatable bonds is 3. The molecular formula is C17H19ClO5. The van der Waals surface area contributed by atoms with Crippen molar-refractivity contribution >= 4 is 23.4 Å². The van der Waals surface area contributed by atoms with E-state index in [1.165, 1.54) is 7.11 Å². The Morgan fingerprint density at radius 1 is 1.22 bits per heavy atom. The van der Waals surface area contributed by atoms with Gasteiger partial charge in [0, 0.05) is 5.02 Å². The smallest absolute Gasteiger partial charge is 0.319 e. The van der Waals surface area contributed by atoms with E-state index in [0.717, 1.165) is 5.56 Å². The lowest BCUT2D eigenvalue weighted by atomic mass is 9.74. The molecule has 1 aliphatic carbocycles.